The standard InChI is InChI=1S/C9H11NO2S/c1-6-5-13-8(7(6)2)9-10-12-4-3-11-9/h5H,3-4H2,1-2H3. The molecule has 70 valence electrons. The van der Waals surface area contributed by atoms with E-state index in [0.717, 1.165) is 4.88 Å². The topological polar surface area (TPSA) is 30.8 Å². The lowest BCUT2D eigenvalue weighted by Crippen LogP contribution is -2.16. The summed E-state index contributed by atoms with van der Waals surface area (Å²) < 4.78 is 5.39. The molecule has 0 aromatic carbocycles. The van der Waals surface area contributed by atoms with Crippen molar-refractivity contribution in [2.45, 2.75) is 13.8 Å². The van der Waals surface area contributed by atoms with Gasteiger partial charge >= 0.3 is 0 Å². The minimum absolute atomic E-state index is 0.549. The first kappa shape index (κ1) is 8.56. The van der Waals surface area contributed by atoms with Gasteiger partial charge in [-0.15, -0.1) is 11.3 Å². The summed E-state index contributed by atoms with van der Waals surface area (Å²) in [7, 11) is 0. The average molecular weight is 197 g/mol. The molecule has 0 bridgehead atoms. The van der Waals surface area contributed by atoms with Crippen LogP contribution in [-0.2, 0) is 9.57 Å². The second-order valence-corrected chi connectivity index (χ2v) is 3.83. The van der Waals surface area contributed by atoms with E-state index >= 15 is 0 Å². The van der Waals surface area contributed by atoms with Gasteiger partial charge in [0.25, 0.3) is 5.90 Å². The van der Waals surface area contributed by atoms with Crippen LogP contribution < -0.4 is 0 Å². The number of nitrogens with zero attached hydrogens (tertiary/aromatic N) is 1. The van der Waals surface area contributed by atoms with Crippen LogP contribution in [0.5, 0.6) is 0 Å². The number of aryl methyl sites for hydroxylation is 1. The van der Waals surface area contributed by atoms with E-state index < -0.39 is 0 Å². The monoisotopic (exact) mass is 197 g/mol. The SMILES string of the molecule is Cc1csc(C2=NOCCO2)c1C. The molecule has 0 spiro atoms. The van der Waals surface area contributed by atoms with Gasteiger partial charge in [-0.2, -0.15) is 0 Å². The molecule has 0 saturated heterocycles. The second-order valence-electron chi connectivity index (χ2n) is 2.95. The molecular formula is C9H11NO2S. The van der Waals surface area contributed by atoms with E-state index in [-0.39, 0.29) is 0 Å². The fraction of sp³-hybridized carbons (Fsp3) is 0.444. The van der Waals surface area contributed by atoms with E-state index in [0.29, 0.717) is 19.1 Å². The fourth-order valence-corrected chi connectivity index (χ4v) is 2.13. The van der Waals surface area contributed by atoms with Crippen LogP contribution in [0.2, 0.25) is 0 Å². The molecule has 2 heterocycles. The fourth-order valence-electron chi connectivity index (χ4n) is 1.13. The summed E-state index contributed by atoms with van der Waals surface area (Å²) in [5.41, 5.74) is 2.51. The van der Waals surface area contributed by atoms with Gasteiger partial charge in [-0.3, -0.25) is 0 Å². The highest BCUT2D eigenvalue weighted by atomic mass is 32.1. The molecule has 0 fully saturated rings. The summed E-state index contributed by atoms with van der Waals surface area (Å²) in [6.45, 7) is 5.29. The zero-order chi connectivity index (χ0) is 9.26. The Bertz CT molecular complexity index is 343. The molecule has 4 heteroatoms. The van der Waals surface area contributed by atoms with Crippen molar-refractivity contribution in [3.05, 3.63) is 21.4 Å². The Hall–Kier alpha value is -1.03. The van der Waals surface area contributed by atoms with Crippen LogP contribution in [0.25, 0.3) is 0 Å². The quantitative estimate of drug-likeness (QED) is 0.690. The second kappa shape index (κ2) is 3.38. The van der Waals surface area contributed by atoms with Crippen LogP contribution in [0.1, 0.15) is 16.0 Å². The summed E-state index contributed by atoms with van der Waals surface area (Å²) >= 11 is 1.65. The number of hydrogen-bond acceptors (Lipinski definition) is 4. The van der Waals surface area contributed by atoms with Gasteiger partial charge in [0, 0.05) is 0 Å². The largest absolute Gasteiger partial charge is 0.471 e. The Labute approximate surface area is 81.0 Å². The zero-order valence-electron chi connectivity index (χ0n) is 7.66. The predicted molar refractivity (Wildman–Crippen MR) is 52.2 cm³/mol. The molecule has 0 amide bonds. The number of rotatable bonds is 1. The van der Waals surface area contributed by atoms with Crippen LogP contribution in [0.15, 0.2) is 10.5 Å². The van der Waals surface area contributed by atoms with Crippen LogP contribution in [-0.4, -0.2) is 19.1 Å². The van der Waals surface area contributed by atoms with Crippen LogP contribution in [0.3, 0.4) is 0 Å². The van der Waals surface area contributed by atoms with E-state index in [1.807, 2.05) is 0 Å². The molecule has 13 heavy (non-hydrogen) atoms. The molecule has 1 aliphatic heterocycles. The van der Waals surface area contributed by atoms with Gasteiger partial charge < -0.3 is 9.57 Å². The van der Waals surface area contributed by atoms with Crippen molar-refractivity contribution in [1.29, 1.82) is 0 Å². The zero-order valence-corrected chi connectivity index (χ0v) is 8.48. The molecular weight excluding hydrogens is 186 g/mol. The molecule has 0 N–H and O–H groups in total. The third-order valence-electron chi connectivity index (χ3n) is 2.04. The highest BCUT2D eigenvalue weighted by Crippen LogP contribution is 2.22. The lowest BCUT2D eigenvalue weighted by molar-refractivity contribution is 0.0657. The Morgan fingerprint density at radius 3 is 2.77 bits per heavy atom. The average Bonchev–Trinajstić information content (AvgIpc) is 2.49. The minimum atomic E-state index is 0.549. The summed E-state index contributed by atoms with van der Waals surface area (Å²) in [4.78, 5) is 6.05. The molecule has 2 rings (SSSR count). The first-order valence-corrected chi connectivity index (χ1v) is 5.05. The predicted octanol–water partition coefficient (Wildman–Crippen LogP) is 2.07. The first-order valence-electron chi connectivity index (χ1n) is 4.17. The Morgan fingerprint density at radius 2 is 2.23 bits per heavy atom. The molecule has 1 aromatic rings. The van der Waals surface area contributed by atoms with Crippen molar-refractivity contribution in [3.8, 4) is 0 Å². The first-order chi connectivity index (χ1) is 6.29. The van der Waals surface area contributed by atoms with Gasteiger partial charge in [0.05, 0.1) is 4.88 Å². The normalized spacial score (nSPS) is 16.0. The minimum Gasteiger partial charge on any atom is -0.471 e. The van der Waals surface area contributed by atoms with Crippen molar-refractivity contribution in [1.82, 2.24) is 0 Å². The van der Waals surface area contributed by atoms with Gasteiger partial charge in [0.1, 0.15) is 6.61 Å². The Balaban J connectivity index is 2.34. The number of hydrogen-bond donors (Lipinski definition) is 0. The molecule has 0 saturated carbocycles. The van der Waals surface area contributed by atoms with Crippen molar-refractivity contribution in [3.63, 3.8) is 0 Å². The number of ether oxygens (including phenoxy) is 1. The summed E-state index contributed by atoms with van der Waals surface area (Å²) in [5, 5.41) is 5.98. The van der Waals surface area contributed by atoms with Crippen molar-refractivity contribution >= 4 is 17.2 Å². The van der Waals surface area contributed by atoms with Crippen LogP contribution >= 0.6 is 11.3 Å². The Kier molecular flexibility index (Phi) is 2.22. The maximum absolute atomic E-state index is 5.39. The summed E-state index contributed by atoms with van der Waals surface area (Å²) in [5.74, 6) is 0.627. The molecule has 1 aromatic heterocycles. The summed E-state index contributed by atoms with van der Waals surface area (Å²) in [6.07, 6.45) is 0. The summed E-state index contributed by atoms with van der Waals surface area (Å²) in [6, 6.07) is 0. The van der Waals surface area contributed by atoms with E-state index in [2.05, 4.69) is 24.4 Å². The maximum Gasteiger partial charge on any atom is 0.268 e. The van der Waals surface area contributed by atoms with Gasteiger partial charge in [-0.05, 0) is 35.5 Å². The molecule has 1 aliphatic rings. The Morgan fingerprint density at radius 1 is 1.38 bits per heavy atom. The molecule has 0 unspecified atom stereocenters. The van der Waals surface area contributed by atoms with Gasteiger partial charge in [-0.25, -0.2) is 0 Å². The smallest absolute Gasteiger partial charge is 0.268 e. The van der Waals surface area contributed by atoms with Crippen LogP contribution in [0, 0.1) is 13.8 Å². The molecule has 0 aliphatic carbocycles. The van der Waals surface area contributed by atoms with Crippen molar-refractivity contribution < 1.29 is 9.57 Å². The number of thiophene rings is 1. The molecule has 0 atom stereocenters. The highest BCUT2D eigenvalue weighted by molar-refractivity contribution is 7.12. The van der Waals surface area contributed by atoms with E-state index in [1.54, 1.807) is 11.3 Å². The lowest BCUT2D eigenvalue weighted by atomic mass is 10.2. The van der Waals surface area contributed by atoms with E-state index in [9.17, 15) is 0 Å². The van der Waals surface area contributed by atoms with Gasteiger partial charge in [-0.1, -0.05) is 0 Å². The van der Waals surface area contributed by atoms with E-state index in [1.165, 1.54) is 11.1 Å². The van der Waals surface area contributed by atoms with Gasteiger partial charge in [0.15, 0.2) is 6.61 Å². The van der Waals surface area contributed by atoms with E-state index in [4.69, 9.17) is 9.57 Å². The van der Waals surface area contributed by atoms with Crippen LogP contribution in [0.4, 0.5) is 0 Å². The molecule has 3 nitrogen and oxygen atoms in total. The van der Waals surface area contributed by atoms with Crippen molar-refractivity contribution in [2.24, 2.45) is 5.16 Å². The maximum atomic E-state index is 5.39. The van der Waals surface area contributed by atoms with Crippen molar-refractivity contribution in [2.75, 3.05) is 13.2 Å². The third kappa shape index (κ3) is 1.54. The molecule has 0 radical (unpaired) electrons. The lowest BCUT2D eigenvalue weighted by Gasteiger charge is -2.12. The number of oxime groups is 1. The van der Waals surface area contributed by atoms with Gasteiger partial charge in [0.2, 0.25) is 0 Å². The highest BCUT2D eigenvalue weighted by Gasteiger charge is 2.15. The third-order valence-corrected chi connectivity index (χ3v) is 3.23.